The van der Waals surface area contributed by atoms with Crippen molar-refractivity contribution in [2.24, 2.45) is 0 Å². The molecule has 108 valence electrons. The average molecular weight is 277 g/mol. The van der Waals surface area contributed by atoms with Gasteiger partial charge < -0.3 is 15.7 Å². The Labute approximate surface area is 117 Å². The standard InChI is InChI=1S/C12H19N7O/c1-3-4-14-10-16-11(15-7-9(2)20)18-12(17-10)19-6-5-13-8-19/h5-6,8-9,20H,3-4,7H2,1-2H3,(H2,14,15,16,17,18). The van der Waals surface area contributed by atoms with Crippen molar-refractivity contribution in [3.8, 4) is 5.95 Å². The predicted molar refractivity (Wildman–Crippen MR) is 75.9 cm³/mol. The Morgan fingerprint density at radius 2 is 2.00 bits per heavy atom. The molecule has 0 saturated carbocycles. The maximum Gasteiger partial charge on any atom is 0.241 e. The van der Waals surface area contributed by atoms with Crippen LogP contribution in [0.2, 0.25) is 0 Å². The van der Waals surface area contributed by atoms with E-state index < -0.39 is 6.10 Å². The Hall–Kier alpha value is -2.22. The van der Waals surface area contributed by atoms with Gasteiger partial charge in [0.05, 0.1) is 6.10 Å². The minimum absolute atomic E-state index is 0.376. The molecule has 2 aromatic rings. The number of hydrogen-bond acceptors (Lipinski definition) is 7. The van der Waals surface area contributed by atoms with Crippen molar-refractivity contribution in [1.29, 1.82) is 0 Å². The second-order valence-electron chi connectivity index (χ2n) is 4.41. The second kappa shape index (κ2) is 6.80. The van der Waals surface area contributed by atoms with Gasteiger partial charge >= 0.3 is 0 Å². The van der Waals surface area contributed by atoms with E-state index in [9.17, 15) is 5.11 Å². The van der Waals surface area contributed by atoms with Crippen molar-refractivity contribution in [2.75, 3.05) is 23.7 Å². The lowest BCUT2D eigenvalue weighted by Gasteiger charge is -2.10. The summed E-state index contributed by atoms with van der Waals surface area (Å²) in [5.74, 6) is 1.39. The summed E-state index contributed by atoms with van der Waals surface area (Å²) in [6, 6.07) is 0. The van der Waals surface area contributed by atoms with Gasteiger partial charge in [-0.05, 0) is 13.3 Å². The number of anilines is 2. The van der Waals surface area contributed by atoms with E-state index in [-0.39, 0.29) is 0 Å². The fourth-order valence-electron chi connectivity index (χ4n) is 1.49. The molecule has 2 heterocycles. The third-order valence-electron chi connectivity index (χ3n) is 2.45. The summed E-state index contributed by atoms with van der Waals surface area (Å²) in [4.78, 5) is 16.9. The molecule has 2 aromatic heterocycles. The first-order valence-electron chi connectivity index (χ1n) is 6.59. The Kier molecular flexibility index (Phi) is 4.83. The third-order valence-corrected chi connectivity index (χ3v) is 2.45. The van der Waals surface area contributed by atoms with Crippen LogP contribution in [0.5, 0.6) is 0 Å². The van der Waals surface area contributed by atoms with Crippen LogP contribution >= 0.6 is 0 Å². The van der Waals surface area contributed by atoms with Crippen molar-refractivity contribution < 1.29 is 5.11 Å². The zero-order chi connectivity index (χ0) is 14.4. The Morgan fingerprint density at radius 3 is 2.60 bits per heavy atom. The summed E-state index contributed by atoms with van der Waals surface area (Å²) in [5, 5.41) is 15.4. The van der Waals surface area contributed by atoms with Crippen LogP contribution in [0, 0.1) is 0 Å². The second-order valence-corrected chi connectivity index (χ2v) is 4.41. The van der Waals surface area contributed by atoms with Crippen molar-refractivity contribution in [3.63, 3.8) is 0 Å². The number of aromatic nitrogens is 5. The fourth-order valence-corrected chi connectivity index (χ4v) is 1.49. The van der Waals surface area contributed by atoms with Gasteiger partial charge in [-0.2, -0.15) is 15.0 Å². The van der Waals surface area contributed by atoms with Gasteiger partial charge in [-0.3, -0.25) is 4.57 Å². The van der Waals surface area contributed by atoms with Crippen molar-refractivity contribution in [1.82, 2.24) is 24.5 Å². The van der Waals surface area contributed by atoms with Gasteiger partial charge in [-0.1, -0.05) is 6.92 Å². The quantitative estimate of drug-likeness (QED) is 0.683. The number of nitrogens with one attached hydrogen (secondary N) is 2. The molecular formula is C12H19N7O. The Bertz CT molecular complexity index is 527. The van der Waals surface area contributed by atoms with Crippen LogP contribution in [0.1, 0.15) is 20.3 Å². The molecule has 2 rings (SSSR count). The molecule has 0 aliphatic rings. The first kappa shape index (κ1) is 14.2. The molecule has 3 N–H and O–H groups in total. The number of aliphatic hydroxyl groups is 1. The van der Waals surface area contributed by atoms with Gasteiger partial charge in [0.25, 0.3) is 0 Å². The summed E-state index contributed by atoms with van der Waals surface area (Å²) in [6.07, 6.45) is 5.54. The molecule has 0 aromatic carbocycles. The van der Waals surface area contributed by atoms with Crippen LogP contribution in [-0.4, -0.2) is 48.8 Å². The summed E-state index contributed by atoms with van der Waals surface area (Å²) in [7, 11) is 0. The predicted octanol–water partition coefficient (Wildman–Crippen LogP) is 0.672. The van der Waals surface area contributed by atoms with E-state index >= 15 is 0 Å². The lowest BCUT2D eigenvalue weighted by Crippen LogP contribution is -2.19. The molecule has 0 saturated heterocycles. The topological polar surface area (TPSA) is 101 Å². The molecule has 0 amide bonds. The summed E-state index contributed by atoms with van der Waals surface area (Å²) in [6.45, 7) is 4.92. The zero-order valence-electron chi connectivity index (χ0n) is 11.6. The van der Waals surface area contributed by atoms with Crippen LogP contribution in [0.4, 0.5) is 11.9 Å². The minimum Gasteiger partial charge on any atom is -0.392 e. The lowest BCUT2D eigenvalue weighted by atomic mass is 10.4. The number of hydrogen-bond donors (Lipinski definition) is 3. The molecule has 8 heteroatoms. The minimum atomic E-state index is -0.476. The van der Waals surface area contributed by atoms with E-state index in [0.29, 0.717) is 24.4 Å². The molecule has 1 unspecified atom stereocenters. The van der Waals surface area contributed by atoms with Gasteiger partial charge in [0.2, 0.25) is 17.8 Å². The van der Waals surface area contributed by atoms with E-state index in [1.807, 2.05) is 0 Å². The molecule has 0 fully saturated rings. The van der Waals surface area contributed by atoms with E-state index in [0.717, 1.165) is 13.0 Å². The molecule has 1 atom stereocenters. The summed E-state index contributed by atoms with van der Waals surface area (Å²) >= 11 is 0. The van der Waals surface area contributed by atoms with Crippen LogP contribution < -0.4 is 10.6 Å². The summed E-state index contributed by atoms with van der Waals surface area (Å²) in [5.41, 5.74) is 0. The molecule has 0 aliphatic heterocycles. The highest BCUT2D eigenvalue weighted by Crippen LogP contribution is 2.09. The zero-order valence-corrected chi connectivity index (χ0v) is 11.6. The molecule has 0 aliphatic carbocycles. The molecule has 20 heavy (non-hydrogen) atoms. The first-order chi connectivity index (χ1) is 9.69. The normalized spacial score (nSPS) is 12.2. The van der Waals surface area contributed by atoms with Gasteiger partial charge in [0.1, 0.15) is 6.33 Å². The van der Waals surface area contributed by atoms with Gasteiger partial charge in [-0.15, -0.1) is 0 Å². The molecular weight excluding hydrogens is 258 g/mol. The monoisotopic (exact) mass is 277 g/mol. The molecule has 0 spiro atoms. The number of rotatable bonds is 7. The highest BCUT2D eigenvalue weighted by molar-refractivity contribution is 5.38. The first-order valence-corrected chi connectivity index (χ1v) is 6.59. The smallest absolute Gasteiger partial charge is 0.241 e. The van der Waals surface area contributed by atoms with Crippen LogP contribution in [0.15, 0.2) is 18.7 Å². The van der Waals surface area contributed by atoms with Gasteiger partial charge in [-0.25, -0.2) is 4.98 Å². The Balaban J connectivity index is 2.24. The van der Waals surface area contributed by atoms with Gasteiger partial charge in [0, 0.05) is 25.5 Å². The van der Waals surface area contributed by atoms with Crippen molar-refractivity contribution in [3.05, 3.63) is 18.7 Å². The maximum absolute atomic E-state index is 9.31. The van der Waals surface area contributed by atoms with Gasteiger partial charge in [0.15, 0.2) is 0 Å². The third kappa shape index (κ3) is 3.89. The maximum atomic E-state index is 9.31. The van der Waals surface area contributed by atoms with Crippen molar-refractivity contribution >= 4 is 11.9 Å². The number of nitrogens with zero attached hydrogens (tertiary/aromatic N) is 5. The van der Waals surface area contributed by atoms with E-state index in [2.05, 4.69) is 37.5 Å². The van der Waals surface area contributed by atoms with E-state index in [4.69, 9.17) is 0 Å². The number of aliphatic hydroxyl groups excluding tert-OH is 1. The molecule has 8 nitrogen and oxygen atoms in total. The Morgan fingerprint density at radius 1 is 1.25 bits per heavy atom. The fraction of sp³-hybridized carbons (Fsp3) is 0.500. The average Bonchev–Trinajstić information content (AvgIpc) is 2.97. The van der Waals surface area contributed by atoms with Crippen LogP contribution in [0.3, 0.4) is 0 Å². The SMILES string of the molecule is CCCNc1nc(NCC(C)O)nc(-n2ccnc2)n1. The highest BCUT2D eigenvalue weighted by atomic mass is 16.3. The highest BCUT2D eigenvalue weighted by Gasteiger charge is 2.08. The number of imidazole rings is 1. The van der Waals surface area contributed by atoms with Crippen LogP contribution in [-0.2, 0) is 0 Å². The summed E-state index contributed by atoms with van der Waals surface area (Å²) < 4.78 is 1.70. The van der Waals surface area contributed by atoms with E-state index in [1.54, 1.807) is 30.2 Å². The van der Waals surface area contributed by atoms with Crippen LogP contribution in [0.25, 0.3) is 5.95 Å². The molecule has 0 radical (unpaired) electrons. The lowest BCUT2D eigenvalue weighted by molar-refractivity contribution is 0.208. The molecule has 0 bridgehead atoms. The largest absolute Gasteiger partial charge is 0.392 e. The van der Waals surface area contributed by atoms with Crippen molar-refractivity contribution in [2.45, 2.75) is 26.4 Å². The van der Waals surface area contributed by atoms with E-state index in [1.165, 1.54) is 0 Å².